The summed E-state index contributed by atoms with van der Waals surface area (Å²) in [5.41, 5.74) is 1.64. The van der Waals surface area contributed by atoms with Crippen molar-refractivity contribution in [3.63, 3.8) is 0 Å². The summed E-state index contributed by atoms with van der Waals surface area (Å²) in [5.74, 6) is -0.753. The SMILES string of the molecule is CCOC(=O)Cc1csc(SCC(=O)Nc2ccc(C(=O)OC)cc2)n1. The third-order valence-corrected chi connectivity index (χ3v) is 5.15. The van der Waals surface area contributed by atoms with Crippen LogP contribution in [0.1, 0.15) is 23.0 Å². The van der Waals surface area contributed by atoms with Crippen LogP contribution in [0.2, 0.25) is 0 Å². The molecule has 0 spiro atoms. The Labute approximate surface area is 159 Å². The second-order valence-corrected chi connectivity index (χ2v) is 7.07. The first kappa shape index (κ1) is 19.9. The van der Waals surface area contributed by atoms with Crippen molar-refractivity contribution in [2.45, 2.75) is 17.7 Å². The Morgan fingerprint density at radius 2 is 1.96 bits per heavy atom. The maximum absolute atomic E-state index is 12.0. The third-order valence-electron chi connectivity index (χ3n) is 3.08. The molecule has 0 aliphatic carbocycles. The standard InChI is InChI=1S/C17H18N2O5S2/c1-3-24-15(21)8-13-9-25-17(19-13)26-10-14(20)18-12-6-4-11(5-7-12)16(22)23-2/h4-7,9H,3,8,10H2,1-2H3,(H,18,20). The number of nitrogens with zero attached hydrogens (tertiary/aromatic N) is 1. The summed E-state index contributed by atoms with van der Waals surface area (Å²) in [6.45, 7) is 2.09. The number of hydrogen-bond acceptors (Lipinski definition) is 8. The molecule has 0 aliphatic rings. The van der Waals surface area contributed by atoms with Gasteiger partial charge in [0.2, 0.25) is 5.91 Å². The van der Waals surface area contributed by atoms with Crippen LogP contribution in [0.15, 0.2) is 34.0 Å². The summed E-state index contributed by atoms with van der Waals surface area (Å²) < 4.78 is 10.2. The average molecular weight is 394 g/mol. The predicted octanol–water partition coefficient (Wildman–Crippen LogP) is 2.77. The molecule has 9 heteroatoms. The number of ether oxygens (including phenoxy) is 2. The monoisotopic (exact) mass is 394 g/mol. The van der Waals surface area contributed by atoms with E-state index in [9.17, 15) is 14.4 Å². The fourth-order valence-corrected chi connectivity index (χ4v) is 3.57. The van der Waals surface area contributed by atoms with Gasteiger partial charge in [-0.1, -0.05) is 11.8 Å². The molecule has 1 heterocycles. The van der Waals surface area contributed by atoms with Crippen LogP contribution >= 0.6 is 23.1 Å². The summed E-state index contributed by atoms with van der Waals surface area (Å²) in [4.78, 5) is 39.1. The Bertz CT molecular complexity index is 774. The highest BCUT2D eigenvalue weighted by Crippen LogP contribution is 2.23. The van der Waals surface area contributed by atoms with Gasteiger partial charge in [0.1, 0.15) is 0 Å². The van der Waals surface area contributed by atoms with Crippen LogP contribution in [-0.4, -0.2) is 42.3 Å². The number of benzene rings is 1. The number of carbonyl (C=O) groups is 3. The number of rotatable bonds is 8. The number of methoxy groups -OCH3 is 1. The summed E-state index contributed by atoms with van der Waals surface area (Å²) >= 11 is 2.67. The summed E-state index contributed by atoms with van der Waals surface area (Å²) in [5, 5.41) is 4.52. The van der Waals surface area contributed by atoms with Gasteiger partial charge in [-0.15, -0.1) is 11.3 Å². The van der Waals surface area contributed by atoms with Gasteiger partial charge in [0.25, 0.3) is 0 Å². The first-order valence-corrected chi connectivity index (χ1v) is 9.59. The first-order chi connectivity index (χ1) is 12.5. The van der Waals surface area contributed by atoms with Gasteiger partial charge in [-0.2, -0.15) is 0 Å². The molecular formula is C17H18N2O5S2. The molecule has 2 rings (SSSR count). The number of anilines is 1. The number of esters is 2. The van der Waals surface area contributed by atoms with E-state index >= 15 is 0 Å². The molecule has 0 atom stereocenters. The fraction of sp³-hybridized carbons (Fsp3) is 0.294. The van der Waals surface area contributed by atoms with E-state index in [4.69, 9.17) is 4.74 Å². The lowest BCUT2D eigenvalue weighted by molar-refractivity contribution is -0.142. The van der Waals surface area contributed by atoms with Gasteiger partial charge >= 0.3 is 11.9 Å². The normalized spacial score (nSPS) is 10.2. The van der Waals surface area contributed by atoms with Gasteiger partial charge in [0, 0.05) is 11.1 Å². The second kappa shape index (κ2) is 9.93. The van der Waals surface area contributed by atoms with E-state index in [2.05, 4.69) is 15.0 Å². The molecule has 26 heavy (non-hydrogen) atoms. The van der Waals surface area contributed by atoms with Gasteiger partial charge < -0.3 is 14.8 Å². The Kier molecular flexibility index (Phi) is 7.61. The zero-order valence-corrected chi connectivity index (χ0v) is 15.9. The van der Waals surface area contributed by atoms with E-state index in [1.165, 1.54) is 30.2 Å². The minimum absolute atomic E-state index is 0.129. The van der Waals surface area contributed by atoms with Crippen LogP contribution in [-0.2, 0) is 25.5 Å². The van der Waals surface area contributed by atoms with Crippen molar-refractivity contribution in [2.24, 2.45) is 0 Å². The minimum Gasteiger partial charge on any atom is -0.466 e. The highest BCUT2D eigenvalue weighted by atomic mass is 32.2. The Balaban J connectivity index is 1.81. The lowest BCUT2D eigenvalue weighted by atomic mass is 10.2. The Morgan fingerprint density at radius 3 is 2.62 bits per heavy atom. The topological polar surface area (TPSA) is 94.6 Å². The van der Waals surface area contributed by atoms with E-state index in [0.29, 0.717) is 27.9 Å². The fourth-order valence-electron chi connectivity index (χ4n) is 1.93. The molecule has 0 fully saturated rings. The maximum Gasteiger partial charge on any atom is 0.337 e. The highest BCUT2D eigenvalue weighted by Gasteiger charge is 2.11. The molecule has 1 amide bonds. The molecule has 2 aromatic rings. The number of thioether (sulfide) groups is 1. The van der Waals surface area contributed by atoms with Crippen molar-refractivity contribution in [3.05, 3.63) is 40.9 Å². The molecule has 0 saturated heterocycles. The van der Waals surface area contributed by atoms with Crippen LogP contribution in [0.4, 0.5) is 5.69 Å². The third kappa shape index (κ3) is 6.16. The number of hydrogen-bond donors (Lipinski definition) is 1. The molecule has 138 valence electrons. The molecule has 0 saturated carbocycles. The smallest absolute Gasteiger partial charge is 0.337 e. The summed E-state index contributed by atoms with van der Waals surface area (Å²) in [6, 6.07) is 6.43. The van der Waals surface area contributed by atoms with E-state index in [1.807, 2.05) is 0 Å². The summed E-state index contributed by atoms with van der Waals surface area (Å²) in [7, 11) is 1.31. The van der Waals surface area contributed by atoms with Gasteiger partial charge in [0.05, 0.1) is 37.1 Å². The zero-order chi connectivity index (χ0) is 18.9. The molecule has 0 aliphatic heterocycles. The van der Waals surface area contributed by atoms with Crippen LogP contribution in [0, 0.1) is 0 Å². The zero-order valence-electron chi connectivity index (χ0n) is 14.3. The molecule has 0 unspecified atom stereocenters. The maximum atomic E-state index is 12.0. The second-order valence-electron chi connectivity index (χ2n) is 4.99. The van der Waals surface area contributed by atoms with Crippen molar-refractivity contribution in [2.75, 3.05) is 24.8 Å². The molecular weight excluding hydrogens is 376 g/mol. The quantitative estimate of drug-likeness (QED) is 0.543. The molecule has 1 aromatic heterocycles. The van der Waals surface area contributed by atoms with Crippen molar-refractivity contribution < 1.29 is 23.9 Å². The van der Waals surface area contributed by atoms with Gasteiger partial charge in [0.15, 0.2) is 4.34 Å². The van der Waals surface area contributed by atoms with Crippen molar-refractivity contribution in [1.82, 2.24) is 4.98 Å². The van der Waals surface area contributed by atoms with E-state index in [1.54, 1.807) is 36.6 Å². The first-order valence-electron chi connectivity index (χ1n) is 7.73. The van der Waals surface area contributed by atoms with Gasteiger partial charge in [-0.3, -0.25) is 9.59 Å². The van der Waals surface area contributed by atoms with Crippen LogP contribution < -0.4 is 5.32 Å². The minimum atomic E-state index is -0.430. The lowest BCUT2D eigenvalue weighted by Crippen LogP contribution is -2.14. The predicted molar refractivity (Wildman–Crippen MR) is 99.6 cm³/mol. The van der Waals surface area contributed by atoms with E-state index in [-0.39, 0.29) is 24.1 Å². The molecule has 1 aromatic carbocycles. The largest absolute Gasteiger partial charge is 0.466 e. The Morgan fingerprint density at radius 1 is 1.23 bits per heavy atom. The van der Waals surface area contributed by atoms with Gasteiger partial charge in [-0.05, 0) is 31.2 Å². The van der Waals surface area contributed by atoms with Crippen molar-refractivity contribution >= 4 is 46.6 Å². The number of aromatic nitrogens is 1. The molecule has 1 N–H and O–H groups in total. The van der Waals surface area contributed by atoms with E-state index < -0.39 is 5.97 Å². The molecule has 0 bridgehead atoms. The number of amides is 1. The Hall–Kier alpha value is -2.39. The number of nitrogens with one attached hydrogen (secondary N) is 1. The average Bonchev–Trinajstić information content (AvgIpc) is 3.07. The lowest BCUT2D eigenvalue weighted by Gasteiger charge is -2.05. The van der Waals surface area contributed by atoms with Gasteiger partial charge in [-0.25, -0.2) is 9.78 Å². The summed E-state index contributed by atoms with van der Waals surface area (Å²) in [6.07, 6.45) is 0.129. The van der Waals surface area contributed by atoms with Crippen LogP contribution in [0.25, 0.3) is 0 Å². The molecule has 0 radical (unpaired) electrons. The van der Waals surface area contributed by atoms with Crippen LogP contribution in [0.5, 0.6) is 0 Å². The highest BCUT2D eigenvalue weighted by molar-refractivity contribution is 8.01. The van der Waals surface area contributed by atoms with Crippen molar-refractivity contribution in [1.29, 1.82) is 0 Å². The molecule has 7 nitrogen and oxygen atoms in total. The van der Waals surface area contributed by atoms with Crippen molar-refractivity contribution in [3.8, 4) is 0 Å². The van der Waals surface area contributed by atoms with E-state index in [0.717, 1.165) is 0 Å². The number of carbonyl (C=O) groups excluding carboxylic acids is 3. The number of thiazole rings is 1. The van der Waals surface area contributed by atoms with Crippen LogP contribution in [0.3, 0.4) is 0 Å².